The number of aromatic nitrogens is 2. The summed E-state index contributed by atoms with van der Waals surface area (Å²) >= 11 is 0. The summed E-state index contributed by atoms with van der Waals surface area (Å²) in [4.78, 5) is 24.2. The molecule has 0 bridgehead atoms. The van der Waals surface area contributed by atoms with Crippen molar-refractivity contribution in [2.75, 3.05) is 23.9 Å². The first kappa shape index (κ1) is 22.3. The van der Waals surface area contributed by atoms with Gasteiger partial charge < -0.3 is 19.7 Å². The Hall–Kier alpha value is -4.46. The van der Waals surface area contributed by atoms with Crippen LogP contribution >= 0.6 is 0 Å². The lowest BCUT2D eigenvalue weighted by atomic mass is 10.2. The number of para-hydroxylation sites is 1. The molecule has 1 aliphatic rings. The van der Waals surface area contributed by atoms with Crippen LogP contribution in [-0.2, 0) is 13.0 Å². The first-order chi connectivity index (χ1) is 17.1. The van der Waals surface area contributed by atoms with Crippen molar-refractivity contribution in [2.24, 2.45) is 0 Å². The fourth-order valence-electron chi connectivity index (χ4n) is 3.93. The number of hydrogen-bond donors (Lipinski definition) is 1. The van der Waals surface area contributed by atoms with Gasteiger partial charge in [0.05, 0.1) is 7.11 Å². The van der Waals surface area contributed by atoms with Gasteiger partial charge in [0.2, 0.25) is 11.8 Å². The molecule has 2 heterocycles. The van der Waals surface area contributed by atoms with Crippen LogP contribution in [-0.4, -0.2) is 29.5 Å². The zero-order chi connectivity index (χ0) is 24.2. The summed E-state index contributed by atoms with van der Waals surface area (Å²) in [6, 6.07) is 21.1. The Morgan fingerprint density at radius 3 is 2.74 bits per heavy atom. The highest BCUT2D eigenvalue weighted by atomic mass is 19.1. The van der Waals surface area contributed by atoms with Crippen LogP contribution in [0.25, 0.3) is 0 Å². The molecule has 7 nitrogen and oxygen atoms in total. The Balaban J connectivity index is 1.45. The van der Waals surface area contributed by atoms with Gasteiger partial charge in [0, 0.05) is 30.2 Å². The van der Waals surface area contributed by atoms with Crippen LogP contribution in [0.3, 0.4) is 0 Å². The van der Waals surface area contributed by atoms with Gasteiger partial charge in [0.15, 0.2) is 0 Å². The van der Waals surface area contributed by atoms with E-state index in [1.807, 2.05) is 23.1 Å². The van der Waals surface area contributed by atoms with Gasteiger partial charge in [-0.05, 0) is 47.9 Å². The molecule has 0 saturated heterocycles. The molecule has 1 N–H and O–H groups in total. The molecule has 1 amide bonds. The molecule has 3 aromatic carbocycles. The van der Waals surface area contributed by atoms with E-state index >= 15 is 0 Å². The minimum absolute atomic E-state index is 0.118. The molecule has 4 aromatic rings. The molecule has 35 heavy (non-hydrogen) atoms. The maximum absolute atomic E-state index is 13.3. The number of ether oxygens (including phenoxy) is 2. The topological polar surface area (TPSA) is 76.6 Å². The number of anilines is 3. The first-order valence-corrected chi connectivity index (χ1v) is 11.2. The van der Waals surface area contributed by atoms with Gasteiger partial charge in [-0.25, -0.2) is 9.37 Å². The molecule has 1 aromatic heterocycles. The van der Waals surface area contributed by atoms with Crippen molar-refractivity contribution >= 4 is 23.2 Å². The van der Waals surface area contributed by atoms with Gasteiger partial charge in [-0.1, -0.05) is 36.4 Å². The summed E-state index contributed by atoms with van der Waals surface area (Å²) in [6.07, 6.45) is 2.35. The van der Waals surface area contributed by atoms with Crippen LogP contribution in [0.15, 0.2) is 79.0 Å². The highest BCUT2D eigenvalue weighted by Gasteiger charge is 2.25. The molecule has 8 heteroatoms. The van der Waals surface area contributed by atoms with E-state index in [-0.39, 0.29) is 23.9 Å². The fourth-order valence-corrected chi connectivity index (χ4v) is 3.93. The molecule has 0 aliphatic carbocycles. The van der Waals surface area contributed by atoms with Crippen LogP contribution in [0.2, 0.25) is 0 Å². The van der Waals surface area contributed by atoms with Gasteiger partial charge in [-0.2, -0.15) is 4.98 Å². The maximum atomic E-state index is 13.3. The molecule has 0 fully saturated rings. The number of nitrogens with zero attached hydrogens (tertiary/aromatic N) is 3. The van der Waals surface area contributed by atoms with Crippen molar-refractivity contribution in [3.63, 3.8) is 0 Å². The Kier molecular flexibility index (Phi) is 6.26. The second-order valence-electron chi connectivity index (χ2n) is 8.02. The molecule has 176 valence electrons. The smallest absolute Gasteiger partial charge is 0.262 e. The van der Waals surface area contributed by atoms with Crippen molar-refractivity contribution in [2.45, 2.75) is 13.0 Å². The van der Waals surface area contributed by atoms with E-state index in [0.29, 0.717) is 17.4 Å². The van der Waals surface area contributed by atoms with Crippen LogP contribution in [0, 0.1) is 5.82 Å². The number of carbonyl (C=O) groups is 1. The summed E-state index contributed by atoms with van der Waals surface area (Å²) in [5, 5.41) is 2.84. The van der Waals surface area contributed by atoms with Gasteiger partial charge >= 0.3 is 0 Å². The number of rotatable bonds is 7. The zero-order valence-corrected chi connectivity index (χ0v) is 19.1. The minimum Gasteiger partial charge on any atom is -0.497 e. The molecule has 1 aliphatic heterocycles. The predicted octanol–water partition coefficient (Wildman–Crippen LogP) is 5.15. The lowest BCUT2D eigenvalue weighted by Crippen LogP contribution is -2.20. The average Bonchev–Trinajstić information content (AvgIpc) is 3.32. The van der Waals surface area contributed by atoms with Crippen molar-refractivity contribution in [3.05, 3.63) is 102 Å². The van der Waals surface area contributed by atoms with Crippen LogP contribution in [0.5, 0.6) is 11.6 Å². The number of hydrogen-bond acceptors (Lipinski definition) is 6. The summed E-state index contributed by atoms with van der Waals surface area (Å²) in [5.74, 6) is 0.464. The molecular weight excluding hydrogens is 447 g/mol. The van der Waals surface area contributed by atoms with E-state index in [1.165, 1.54) is 23.9 Å². The van der Waals surface area contributed by atoms with Gasteiger partial charge in [-0.3, -0.25) is 4.79 Å². The lowest BCUT2D eigenvalue weighted by molar-refractivity contribution is 0.102. The largest absolute Gasteiger partial charge is 0.497 e. The highest BCUT2D eigenvalue weighted by molar-refractivity contribution is 6.05. The monoisotopic (exact) mass is 470 g/mol. The molecular formula is C27H23FN4O3. The molecule has 0 atom stereocenters. The SMILES string of the molecule is COc1cccc(NC(=O)c2cnc(N3CCc4ccccc43)nc2OCc2ccc(F)cc2)c1. The number of fused-ring (bicyclic) bond motifs is 1. The van der Waals surface area contributed by atoms with Crippen molar-refractivity contribution in [3.8, 4) is 11.6 Å². The highest BCUT2D eigenvalue weighted by Crippen LogP contribution is 2.33. The van der Waals surface area contributed by atoms with E-state index in [2.05, 4.69) is 21.4 Å². The van der Waals surface area contributed by atoms with Crippen molar-refractivity contribution < 1.29 is 18.7 Å². The lowest BCUT2D eigenvalue weighted by Gasteiger charge is -2.19. The third-order valence-electron chi connectivity index (χ3n) is 5.73. The van der Waals surface area contributed by atoms with E-state index in [9.17, 15) is 9.18 Å². The Morgan fingerprint density at radius 2 is 1.91 bits per heavy atom. The normalized spacial score (nSPS) is 12.2. The van der Waals surface area contributed by atoms with E-state index in [1.54, 1.807) is 43.5 Å². The zero-order valence-electron chi connectivity index (χ0n) is 19.1. The molecule has 0 spiro atoms. The quantitative estimate of drug-likeness (QED) is 0.403. The van der Waals surface area contributed by atoms with Crippen LogP contribution in [0.1, 0.15) is 21.5 Å². The van der Waals surface area contributed by atoms with Gasteiger partial charge in [0.1, 0.15) is 23.7 Å². The van der Waals surface area contributed by atoms with Crippen LogP contribution in [0.4, 0.5) is 21.7 Å². The Labute approximate surface area is 202 Å². The van der Waals surface area contributed by atoms with Crippen molar-refractivity contribution in [1.82, 2.24) is 9.97 Å². The predicted molar refractivity (Wildman–Crippen MR) is 131 cm³/mol. The second kappa shape index (κ2) is 9.80. The van der Waals surface area contributed by atoms with Crippen molar-refractivity contribution in [1.29, 1.82) is 0 Å². The first-order valence-electron chi connectivity index (χ1n) is 11.2. The standard InChI is InChI=1S/C27H23FN4O3/c1-34-22-7-4-6-21(15-22)30-25(33)23-16-29-27(32-14-13-19-5-2-3-8-24(19)32)31-26(23)35-17-18-9-11-20(28)12-10-18/h2-12,15-16H,13-14,17H2,1H3,(H,30,33). The number of nitrogens with one attached hydrogen (secondary N) is 1. The average molecular weight is 471 g/mol. The Bertz CT molecular complexity index is 1360. The van der Waals surface area contributed by atoms with E-state index in [0.717, 1.165) is 24.2 Å². The van der Waals surface area contributed by atoms with Gasteiger partial charge in [0.25, 0.3) is 5.91 Å². The van der Waals surface area contributed by atoms with Gasteiger partial charge in [-0.15, -0.1) is 0 Å². The summed E-state index contributed by atoms with van der Waals surface area (Å²) in [7, 11) is 1.56. The third-order valence-corrected chi connectivity index (χ3v) is 5.73. The number of carbonyl (C=O) groups excluding carboxylic acids is 1. The molecule has 5 rings (SSSR count). The maximum Gasteiger partial charge on any atom is 0.262 e. The molecule has 0 unspecified atom stereocenters. The number of methoxy groups -OCH3 is 1. The number of halogens is 1. The van der Waals surface area contributed by atoms with E-state index < -0.39 is 5.91 Å². The van der Waals surface area contributed by atoms with Crippen LogP contribution < -0.4 is 19.7 Å². The summed E-state index contributed by atoms with van der Waals surface area (Å²) < 4.78 is 24.5. The molecule has 0 saturated carbocycles. The molecule has 0 radical (unpaired) electrons. The Morgan fingerprint density at radius 1 is 1.09 bits per heavy atom. The number of benzene rings is 3. The third kappa shape index (κ3) is 4.91. The summed E-state index contributed by atoms with van der Waals surface area (Å²) in [5.41, 5.74) is 3.75. The second-order valence-corrected chi connectivity index (χ2v) is 8.02. The number of amides is 1. The summed E-state index contributed by atoms with van der Waals surface area (Å²) in [6.45, 7) is 0.846. The fraction of sp³-hybridized carbons (Fsp3) is 0.148. The minimum atomic E-state index is -0.416. The van der Waals surface area contributed by atoms with E-state index in [4.69, 9.17) is 9.47 Å².